The topological polar surface area (TPSA) is 68.3 Å². The van der Waals surface area contributed by atoms with Crippen LogP contribution >= 0.6 is 0 Å². The van der Waals surface area contributed by atoms with Crippen LogP contribution in [-0.2, 0) is 14.4 Å². The largest absolute Gasteiger partial charge is 0.529 e. The summed E-state index contributed by atoms with van der Waals surface area (Å²) in [5, 5.41) is 0. The number of quaternary nitrogens is 2. The Balaban J connectivity index is 3.26. The fourth-order valence-corrected chi connectivity index (χ4v) is 2.21. The van der Waals surface area contributed by atoms with Crippen LogP contribution in [0.3, 0.4) is 0 Å². The molecular weight excluding hydrogens is 236 g/mol. The first kappa shape index (κ1) is 14.7. The molecular formula is C12H20N2O4+2. The minimum absolute atomic E-state index is 0.115. The zero-order valence-electron chi connectivity index (χ0n) is 11.5. The van der Waals surface area contributed by atoms with Gasteiger partial charge in [0.1, 0.15) is 6.54 Å². The highest BCUT2D eigenvalue weighted by Crippen LogP contribution is 2.23. The lowest BCUT2D eigenvalue weighted by Gasteiger charge is -2.36. The van der Waals surface area contributed by atoms with E-state index in [1.807, 2.05) is 13.8 Å². The summed E-state index contributed by atoms with van der Waals surface area (Å²) >= 11 is 0. The van der Waals surface area contributed by atoms with Gasteiger partial charge in [0.2, 0.25) is 0 Å². The second-order valence-corrected chi connectivity index (χ2v) is 5.56. The summed E-state index contributed by atoms with van der Waals surface area (Å²) < 4.78 is -1.32. The van der Waals surface area contributed by atoms with Crippen LogP contribution in [0.1, 0.15) is 20.3 Å². The number of nitrogens with zero attached hydrogens (tertiary/aromatic N) is 2. The molecule has 100 valence electrons. The molecule has 1 aliphatic rings. The fraction of sp³-hybridized carbons (Fsp3) is 0.667. The molecule has 0 aromatic heterocycles. The smallest absolute Gasteiger partial charge is 0.268 e. The number of rotatable bonds is 3. The van der Waals surface area contributed by atoms with E-state index in [4.69, 9.17) is 0 Å². The van der Waals surface area contributed by atoms with Gasteiger partial charge in [-0.05, 0) is 6.42 Å². The van der Waals surface area contributed by atoms with E-state index in [2.05, 4.69) is 0 Å². The molecule has 6 heteroatoms. The minimum atomic E-state index is -1.08. The van der Waals surface area contributed by atoms with Gasteiger partial charge in [0.25, 0.3) is 0 Å². The third-order valence-electron chi connectivity index (χ3n) is 3.62. The summed E-state index contributed by atoms with van der Waals surface area (Å²) in [5.74, 6) is -2.83. The molecule has 0 aliphatic carbocycles. The molecule has 6 nitrogen and oxygen atoms in total. The van der Waals surface area contributed by atoms with Gasteiger partial charge in [-0.3, -0.25) is 4.79 Å². The summed E-state index contributed by atoms with van der Waals surface area (Å²) in [4.78, 5) is 47.7. The summed E-state index contributed by atoms with van der Waals surface area (Å²) in [6.07, 6.45) is 0.796. The average molecular weight is 256 g/mol. The van der Waals surface area contributed by atoms with Crippen LogP contribution in [0.25, 0.3) is 0 Å². The molecule has 1 heterocycles. The van der Waals surface area contributed by atoms with Crippen molar-refractivity contribution in [2.75, 3.05) is 27.7 Å². The van der Waals surface area contributed by atoms with Crippen LogP contribution in [0, 0.1) is 5.92 Å². The molecule has 1 fully saturated rings. The van der Waals surface area contributed by atoms with E-state index in [1.54, 1.807) is 0 Å². The van der Waals surface area contributed by atoms with Gasteiger partial charge in [0, 0.05) is 5.92 Å². The van der Waals surface area contributed by atoms with Gasteiger partial charge in [-0.1, -0.05) is 13.8 Å². The predicted octanol–water partition coefficient (Wildman–Crippen LogP) is 0.311. The number of urea groups is 1. The lowest BCUT2D eigenvalue weighted by atomic mass is 10.1. The van der Waals surface area contributed by atoms with E-state index in [9.17, 15) is 19.2 Å². The maximum Gasteiger partial charge on any atom is 0.529 e. The molecule has 0 N–H and O–H groups in total. The van der Waals surface area contributed by atoms with Crippen LogP contribution < -0.4 is 0 Å². The van der Waals surface area contributed by atoms with Crippen LogP contribution in [0.5, 0.6) is 0 Å². The Kier molecular flexibility index (Phi) is 3.56. The second-order valence-electron chi connectivity index (χ2n) is 5.56. The second kappa shape index (κ2) is 4.37. The molecule has 4 amide bonds. The van der Waals surface area contributed by atoms with E-state index in [1.165, 1.54) is 21.1 Å². The Labute approximate surface area is 106 Å². The van der Waals surface area contributed by atoms with Gasteiger partial charge in [-0.15, -0.1) is 8.97 Å². The van der Waals surface area contributed by atoms with Gasteiger partial charge in [0.05, 0.1) is 21.1 Å². The number of likely N-dealkylation sites (N-methyl/N-ethyl adjacent to an activating group) is 2. The van der Waals surface area contributed by atoms with Gasteiger partial charge < -0.3 is 0 Å². The maximum absolute atomic E-state index is 12.3. The highest BCUT2D eigenvalue weighted by molar-refractivity contribution is 6.61. The number of Topliss-reactive ketones (excluding diaryl/α,β-unsaturated/α-hetero) is 1. The molecule has 0 radical (unpaired) electrons. The summed E-state index contributed by atoms with van der Waals surface area (Å²) in [6.45, 7) is 4.10. The number of ketones is 1. The molecule has 2 atom stereocenters. The average Bonchev–Trinajstić information content (AvgIpc) is 2.33. The number of hydrogen-bond acceptors (Lipinski definition) is 4. The molecule has 1 aliphatic heterocycles. The first-order chi connectivity index (χ1) is 8.09. The third kappa shape index (κ3) is 1.91. The normalized spacial score (nSPS) is 29.6. The van der Waals surface area contributed by atoms with Crippen LogP contribution in [0.4, 0.5) is 4.79 Å². The zero-order valence-corrected chi connectivity index (χ0v) is 11.5. The summed E-state index contributed by atoms with van der Waals surface area (Å²) in [7, 11) is 4.12. The lowest BCUT2D eigenvalue weighted by Crippen LogP contribution is -2.75. The van der Waals surface area contributed by atoms with E-state index < -0.39 is 32.6 Å². The number of imide groups is 2. The minimum Gasteiger partial charge on any atom is -0.268 e. The molecule has 0 aromatic rings. The molecule has 0 aromatic carbocycles. The van der Waals surface area contributed by atoms with Crippen molar-refractivity contribution in [3.63, 3.8) is 0 Å². The maximum atomic E-state index is 12.3. The molecule has 1 saturated heterocycles. The Morgan fingerprint density at radius 2 is 1.50 bits per heavy atom. The standard InChI is InChI=1S/C12H20N2O4/c1-6-8(2)7-14(5)11(17)9(15)10(16)13(3,4)12(14)18/h8H,6-7H2,1-5H3/q+2. The van der Waals surface area contributed by atoms with Gasteiger partial charge in [-0.2, -0.15) is 4.79 Å². The summed E-state index contributed by atoms with van der Waals surface area (Å²) in [5.41, 5.74) is 0. The van der Waals surface area contributed by atoms with E-state index in [-0.39, 0.29) is 12.5 Å². The monoisotopic (exact) mass is 256 g/mol. The van der Waals surface area contributed by atoms with Crippen molar-refractivity contribution in [2.24, 2.45) is 5.92 Å². The van der Waals surface area contributed by atoms with E-state index >= 15 is 0 Å². The number of carbonyl (C=O) groups excluding carboxylic acids is 4. The third-order valence-corrected chi connectivity index (χ3v) is 3.62. The number of amides is 4. The van der Waals surface area contributed by atoms with Crippen molar-refractivity contribution in [3.8, 4) is 0 Å². The molecule has 0 spiro atoms. The Morgan fingerprint density at radius 3 is 1.94 bits per heavy atom. The van der Waals surface area contributed by atoms with Crippen LogP contribution in [0.2, 0.25) is 0 Å². The molecule has 0 bridgehead atoms. The summed E-state index contributed by atoms with van der Waals surface area (Å²) in [6, 6.07) is -0.551. The SMILES string of the molecule is CCC(C)C[N+]1(C)C(=O)C(=O)C(=O)[N+](C)(C)C1=O. The van der Waals surface area contributed by atoms with Gasteiger partial charge in [0.15, 0.2) is 0 Å². The quantitative estimate of drug-likeness (QED) is 0.538. The van der Waals surface area contributed by atoms with Crippen molar-refractivity contribution < 1.29 is 28.1 Å². The number of hydrogen-bond donors (Lipinski definition) is 0. The van der Waals surface area contributed by atoms with Crippen LogP contribution in [0.15, 0.2) is 0 Å². The Hall–Kier alpha value is -1.40. The molecule has 0 saturated carbocycles. The van der Waals surface area contributed by atoms with E-state index in [0.29, 0.717) is 0 Å². The van der Waals surface area contributed by atoms with Crippen LogP contribution in [-0.4, -0.2) is 60.3 Å². The van der Waals surface area contributed by atoms with Crippen molar-refractivity contribution in [3.05, 3.63) is 0 Å². The lowest BCUT2D eigenvalue weighted by molar-refractivity contribution is -0.874. The number of carbonyl (C=O) groups is 4. The number of barbiturate groups is 1. The first-order valence-electron chi connectivity index (χ1n) is 5.97. The Bertz CT molecular complexity index is 441. The van der Waals surface area contributed by atoms with Gasteiger partial charge in [-0.25, -0.2) is 9.59 Å². The van der Waals surface area contributed by atoms with Crippen molar-refractivity contribution in [2.45, 2.75) is 20.3 Å². The predicted molar refractivity (Wildman–Crippen MR) is 63.0 cm³/mol. The highest BCUT2D eigenvalue weighted by atomic mass is 16.2. The van der Waals surface area contributed by atoms with Crippen molar-refractivity contribution in [1.82, 2.24) is 0 Å². The molecule has 2 unspecified atom stereocenters. The zero-order chi connectivity index (χ0) is 14.3. The highest BCUT2D eigenvalue weighted by Gasteiger charge is 2.65. The van der Waals surface area contributed by atoms with E-state index in [0.717, 1.165) is 6.42 Å². The van der Waals surface area contributed by atoms with Crippen molar-refractivity contribution in [1.29, 1.82) is 0 Å². The fourth-order valence-electron chi connectivity index (χ4n) is 2.21. The molecule has 1 rings (SSSR count). The molecule has 18 heavy (non-hydrogen) atoms. The van der Waals surface area contributed by atoms with Gasteiger partial charge >= 0.3 is 23.6 Å². The Morgan fingerprint density at radius 1 is 1.00 bits per heavy atom. The van der Waals surface area contributed by atoms with Crippen molar-refractivity contribution >= 4 is 23.6 Å². The first-order valence-corrected chi connectivity index (χ1v) is 5.97.